The summed E-state index contributed by atoms with van der Waals surface area (Å²) >= 11 is 1.59. The van der Waals surface area contributed by atoms with Gasteiger partial charge in [-0.1, -0.05) is 23.9 Å². The number of carbonyl (C=O) groups excluding carboxylic acids is 2. The van der Waals surface area contributed by atoms with Crippen LogP contribution in [-0.4, -0.2) is 18.2 Å². The number of nitrogens with one attached hydrogen (secondary N) is 1. The summed E-state index contributed by atoms with van der Waals surface area (Å²) in [7, 11) is 0. The smallest absolute Gasteiger partial charge is 0.238 e. The van der Waals surface area contributed by atoms with Gasteiger partial charge >= 0.3 is 0 Å². The van der Waals surface area contributed by atoms with Crippen molar-refractivity contribution < 1.29 is 9.59 Å². The molecule has 3 N–H and O–H groups in total. The van der Waals surface area contributed by atoms with Gasteiger partial charge in [0, 0.05) is 21.0 Å². The van der Waals surface area contributed by atoms with E-state index in [2.05, 4.69) is 5.32 Å². The Hall–Kier alpha value is -2.11. The number of Topliss-reactive ketones (excluding diaryl/α,β-unsaturated/α-hetero) is 1. The third-order valence-electron chi connectivity index (χ3n) is 2.82. The topological polar surface area (TPSA) is 72.2 Å². The first-order chi connectivity index (χ1) is 10.1. The van der Waals surface area contributed by atoms with Gasteiger partial charge in [0.25, 0.3) is 0 Å². The molecule has 0 saturated heterocycles. The van der Waals surface area contributed by atoms with Gasteiger partial charge in [-0.25, -0.2) is 0 Å². The van der Waals surface area contributed by atoms with E-state index in [1.54, 1.807) is 18.7 Å². The van der Waals surface area contributed by atoms with Crippen LogP contribution in [0.15, 0.2) is 58.3 Å². The Bertz CT molecular complexity index is 636. The minimum absolute atomic E-state index is 0.0288. The number of amides is 1. The zero-order chi connectivity index (χ0) is 15.2. The van der Waals surface area contributed by atoms with Gasteiger partial charge in [0.05, 0.1) is 6.54 Å². The molecule has 0 radical (unpaired) electrons. The van der Waals surface area contributed by atoms with Crippen LogP contribution in [0.5, 0.6) is 0 Å². The zero-order valence-corrected chi connectivity index (χ0v) is 12.4. The summed E-state index contributed by atoms with van der Waals surface area (Å²) in [6, 6.07) is 15.0. The molecule has 0 aromatic heterocycles. The molecule has 0 aliphatic carbocycles. The van der Waals surface area contributed by atoms with Crippen LogP contribution in [-0.2, 0) is 4.79 Å². The van der Waals surface area contributed by atoms with Crippen LogP contribution in [0.1, 0.15) is 17.3 Å². The molecule has 0 aliphatic heterocycles. The number of ketones is 1. The van der Waals surface area contributed by atoms with E-state index in [0.29, 0.717) is 5.56 Å². The van der Waals surface area contributed by atoms with Crippen LogP contribution in [0.2, 0.25) is 0 Å². The molecule has 0 aliphatic rings. The van der Waals surface area contributed by atoms with Gasteiger partial charge in [-0.2, -0.15) is 0 Å². The third-order valence-corrected chi connectivity index (χ3v) is 3.84. The highest BCUT2D eigenvalue weighted by atomic mass is 32.2. The Morgan fingerprint density at radius 3 is 2.00 bits per heavy atom. The SMILES string of the molecule is CC(=O)c1ccc(Sc2ccc(NC(=O)CN)cc2)cc1. The van der Waals surface area contributed by atoms with Gasteiger partial charge in [-0.05, 0) is 43.3 Å². The van der Waals surface area contributed by atoms with Crippen LogP contribution in [0, 0.1) is 0 Å². The first-order valence-corrected chi connectivity index (χ1v) is 7.29. The molecule has 0 heterocycles. The normalized spacial score (nSPS) is 10.2. The first kappa shape index (κ1) is 15.3. The number of hydrogen-bond donors (Lipinski definition) is 2. The Morgan fingerprint density at radius 1 is 1.00 bits per heavy atom. The highest BCUT2D eigenvalue weighted by Gasteiger charge is 2.02. The van der Waals surface area contributed by atoms with Crippen molar-refractivity contribution in [2.24, 2.45) is 5.73 Å². The average Bonchev–Trinajstić information content (AvgIpc) is 2.49. The van der Waals surface area contributed by atoms with E-state index in [-0.39, 0.29) is 18.2 Å². The van der Waals surface area contributed by atoms with Crippen molar-refractivity contribution in [2.45, 2.75) is 16.7 Å². The highest BCUT2D eigenvalue weighted by molar-refractivity contribution is 7.99. The largest absolute Gasteiger partial charge is 0.325 e. The summed E-state index contributed by atoms with van der Waals surface area (Å²) in [5, 5.41) is 2.69. The minimum atomic E-state index is -0.213. The predicted molar refractivity (Wildman–Crippen MR) is 84.7 cm³/mol. The van der Waals surface area contributed by atoms with Crippen molar-refractivity contribution in [3.8, 4) is 0 Å². The van der Waals surface area contributed by atoms with Crippen molar-refractivity contribution in [1.29, 1.82) is 0 Å². The Labute approximate surface area is 127 Å². The quantitative estimate of drug-likeness (QED) is 0.833. The van der Waals surface area contributed by atoms with Gasteiger partial charge in [0.2, 0.25) is 5.91 Å². The van der Waals surface area contributed by atoms with Crippen LogP contribution in [0.3, 0.4) is 0 Å². The van der Waals surface area contributed by atoms with E-state index >= 15 is 0 Å². The van der Waals surface area contributed by atoms with Crippen LogP contribution in [0.4, 0.5) is 5.69 Å². The second-order valence-electron chi connectivity index (χ2n) is 4.46. The Kier molecular flexibility index (Phi) is 5.14. The summed E-state index contributed by atoms with van der Waals surface area (Å²) < 4.78 is 0. The van der Waals surface area contributed by atoms with Gasteiger partial charge < -0.3 is 11.1 Å². The minimum Gasteiger partial charge on any atom is -0.325 e. The fraction of sp³-hybridized carbons (Fsp3) is 0.125. The number of anilines is 1. The molecule has 0 saturated carbocycles. The van der Waals surface area contributed by atoms with E-state index in [4.69, 9.17) is 5.73 Å². The number of nitrogens with two attached hydrogens (primary N) is 1. The lowest BCUT2D eigenvalue weighted by Gasteiger charge is -2.06. The Morgan fingerprint density at radius 2 is 1.52 bits per heavy atom. The molecule has 0 fully saturated rings. The summed E-state index contributed by atoms with van der Waals surface area (Å²) in [4.78, 5) is 24.5. The third kappa shape index (κ3) is 4.44. The second kappa shape index (κ2) is 7.06. The lowest BCUT2D eigenvalue weighted by molar-refractivity contribution is -0.114. The zero-order valence-electron chi connectivity index (χ0n) is 11.6. The van der Waals surface area contributed by atoms with Gasteiger partial charge in [-0.15, -0.1) is 0 Å². The van der Waals surface area contributed by atoms with E-state index in [0.717, 1.165) is 15.5 Å². The molecule has 0 unspecified atom stereocenters. The fourth-order valence-electron chi connectivity index (χ4n) is 1.71. The predicted octanol–water partition coefficient (Wildman–Crippen LogP) is 2.94. The number of benzene rings is 2. The van der Waals surface area contributed by atoms with E-state index in [9.17, 15) is 9.59 Å². The molecule has 0 bridgehead atoms. The van der Waals surface area contributed by atoms with Gasteiger partial charge in [-0.3, -0.25) is 9.59 Å². The van der Waals surface area contributed by atoms with Crippen molar-refractivity contribution in [2.75, 3.05) is 11.9 Å². The number of carbonyl (C=O) groups is 2. The molecule has 5 heteroatoms. The summed E-state index contributed by atoms with van der Waals surface area (Å²) in [6.07, 6.45) is 0. The molecule has 0 spiro atoms. The number of rotatable bonds is 5. The maximum Gasteiger partial charge on any atom is 0.238 e. The van der Waals surface area contributed by atoms with E-state index < -0.39 is 0 Å². The summed E-state index contributed by atoms with van der Waals surface area (Å²) in [6.45, 7) is 1.52. The van der Waals surface area contributed by atoms with Crippen LogP contribution in [0.25, 0.3) is 0 Å². The Balaban J connectivity index is 2.02. The lowest BCUT2D eigenvalue weighted by atomic mass is 10.2. The highest BCUT2D eigenvalue weighted by Crippen LogP contribution is 2.28. The molecule has 1 amide bonds. The van der Waals surface area contributed by atoms with Crippen LogP contribution < -0.4 is 11.1 Å². The molecule has 108 valence electrons. The van der Waals surface area contributed by atoms with Crippen molar-refractivity contribution in [3.05, 3.63) is 54.1 Å². The second-order valence-corrected chi connectivity index (χ2v) is 5.61. The fourth-order valence-corrected chi connectivity index (χ4v) is 2.53. The monoisotopic (exact) mass is 300 g/mol. The standard InChI is InChI=1S/C16H16N2O2S/c1-11(19)12-2-6-14(7-3-12)21-15-8-4-13(5-9-15)18-16(20)10-17/h2-9H,10,17H2,1H3,(H,18,20). The van der Waals surface area contributed by atoms with E-state index in [1.807, 2.05) is 48.5 Å². The van der Waals surface area contributed by atoms with Gasteiger partial charge in [0.1, 0.15) is 0 Å². The number of hydrogen-bond acceptors (Lipinski definition) is 4. The molecular formula is C16H16N2O2S. The molecule has 0 atom stereocenters. The lowest BCUT2D eigenvalue weighted by Crippen LogP contribution is -2.21. The van der Waals surface area contributed by atoms with Crippen molar-refractivity contribution in [3.63, 3.8) is 0 Å². The van der Waals surface area contributed by atoms with Crippen molar-refractivity contribution >= 4 is 29.1 Å². The first-order valence-electron chi connectivity index (χ1n) is 6.47. The molecule has 2 aromatic carbocycles. The van der Waals surface area contributed by atoms with Gasteiger partial charge in [0.15, 0.2) is 5.78 Å². The molecule has 2 aromatic rings. The summed E-state index contributed by atoms with van der Waals surface area (Å²) in [5.74, 6) is -0.151. The maximum absolute atomic E-state index is 11.2. The van der Waals surface area contributed by atoms with Crippen LogP contribution >= 0.6 is 11.8 Å². The molecule has 21 heavy (non-hydrogen) atoms. The van der Waals surface area contributed by atoms with E-state index in [1.165, 1.54) is 0 Å². The molecule has 4 nitrogen and oxygen atoms in total. The summed E-state index contributed by atoms with van der Waals surface area (Å²) in [5.41, 5.74) is 6.68. The molecule has 2 rings (SSSR count). The van der Waals surface area contributed by atoms with Crippen molar-refractivity contribution in [1.82, 2.24) is 0 Å². The maximum atomic E-state index is 11.2. The molecular weight excluding hydrogens is 284 g/mol. The average molecular weight is 300 g/mol.